The van der Waals surface area contributed by atoms with Gasteiger partial charge in [-0.2, -0.15) is 0 Å². The summed E-state index contributed by atoms with van der Waals surface area (Å²) < 4.78 is 10.9. The van der Waals surface area contributed by atoms with E-state index in [0.717, 1.165) is 19.3 Å². The van der Waals surface area contributed by atoms with Crippen molar-refractivity contribution in [1.82, 2.24) is 21.5 Å². The molecule has 2 aromatic rings. The Labute approximate surface area is 247 Å². The van der Waals surface area contributed by atoms with Crippen molar-refractivity contribution >= 4 is 24.0 Å². The summed E-state index contributed by atoms with van der Waals surface area (Å²) in [4.78, 5) is 49.7. The maximum Gasteiger partial charge on any atom is 0.408 e. The standard InChI is InChI=1S/C32H42N4O6/c1-31(2,3)42-30(40)34-32(18-10-11-19-32)28(38)36-35-27(37)17-5-4-12-20-33-29(39)41-21-26-24-15-8-6-13-22(24)23-14-7-9-16-25(23)26/h6-9,13-16,26H,4-5,10-12,17-21H2,1-3H3,(H,33,39)(H,34,40)(H,35,37)(H,36,38). The van der Waals surface area contributed by atoms with Gasteiger partial charge in [-0.15, -0.1) is 0 Å². The molecule has 0 bridgehead atoms. The summed E-state index contributed by atoms with van der Waals surface area (Å²) in [7, 11) is 0. The van der Waals surface area contributed by atoms with Gasteiger partial charge in [0.05, 0.1) is 0 Å². The molecule has 0 saturated heterocycles. The van der Waals surface area contributed by atoms with Gasteiger partial charge in [0.25, 0.3) is 5.91 Å². The second-order valence-corrected chi connectivity index (χ2v) is 12.0. The van der Waals surface area contributed by atoms with Crippen molar-refractivity contribution in [1.29, 1.82) is 0 Å². The van der Waals surface area contributed by atoms with Gasteiger partial charge in [0.2, 0.25) is 5.91 Å². The second kappa shape index (κ2) is 13.7. The highest BCUT2D eigenvalue weighted by molar-refractivity contribution is 5.91. The Balaban J connectivity index is 1.10. The normalized spacial score (nSPS) is 15.2. The molecule has 0 radical (unpaired) electrons. The topological polar surface area (TPSA) is 135 Å². The predicted octanol–water partition coefficient (Wildman–Crippen LogP) is 5.07. The molecule has 2 aromatic carbocycles. The SMILES string of the molecule is CC(C)(C)OC(=O)NC1(C(=O)NNC(=O)CCCCCNC(=O)OCC2c3ccccc3-c3ccccc32)CCCC1. The molecule has 1 saturated carbocycles. The maximum absolute atomic E-state index is 12.9. The van der Waals surface area contributed by atoms with Gasteiger partial charge in [-0.1, -0.05) is 67.8 Å². The second-order valence-electron chi connectivity index (χ2n) is 12.0. The molecule has 1 fully saturated rings. The maximum atomic E-state index is 12.9. The monoisotopic (exact) mass is 578 g/mol. The van der Waals surface area contributed by atoms with E-state index in [1.165, 1.54) is 22.3 Å². The quantitative estimate of drug-likeness (QED) is 0.230. The molecule has 4 rings (SSSR count). The molecule has 0 unspecified atom stereocenters. The Morgan fingerprint density at radius 3 is 2.07 bits per heavy atom. The average molecular weight is 579 g/mol. The van der Waals surface area contributed by atoms with Gasteiger partial charge in [0.1, 0.15) is 17.7 Å². The number of hydrogen-bond acceptors (Lipinski definition) is 6. The van der Waals surface area contributed by atoms with Crippen LogP contribution in [0.2, 0.25) is 0 Å². The number of nitrogens with one attached hydrogen (secondary N) is 4. The Morgan fingerprint density at radius 2 is 1.45 bits per heavy atom. The summed E-state index contributed by atoms with van der Waals surface area (Å²) in [5.41, 5.74) is 7.84. The molecule has 2 aliphatic rings. The number of ether oxygens (including phenoxy) is 2. The molecule has 0 atom stereocenters. The van der Waals surface area contributed by atoms with Crippen molar-refractivity contribution in [2.24, 2.45) is 0 Å². The van der Waals surface area contributed by atoms with Crippen molar-refractivity contribution in [2.75, 3.05) is 13.2 Å². The first-order chi connectivity index (χ1) is 20.1. The zero-order chi connectivity index (χ0) is 30.2. The Morgan fingerprint density at radius 1 is 0.833 bits per heavy atom. The fourth-order valence-electron chi connectivity index (χ4n) is 5.62. The average Bonchev–Trinajstić information content (AvgIpc) is 3.54. The minimum Gasteiger partial charge on any atom is -0.449 e. The van der Waals surface area contributed by atoms with Crippen molar-refractivity contribution in [3.05, 3.63) is 59.7 Å². The van der Waals surface area contributed by atoms with Gasteiger partial charge in [-0.3, -0.25) is 20.4 Å². The van der Waals surface area contributed by atoms with Crippen LogP contribution >= 0.6 is 0 Å². The summed E-state index contributed by atoms with van der Waals surface area (Å²) in [6.07, 6.45) is 3.64. The molecular weight excluding hydrogens is 536 g/mol. The number of carbonyl (C=O) groups excluding carboxylic acids is 4. The zero-order valence-electron chi connectivity index (χ0n) is 24.7. The molecular formula is C32H42N4O6. The summed E-state index contributed by atoms with van der Waals surface area (Å²) in [6, 6.07) is 16.4. The fraction of sp³-hybridized carbons (Fsp3) is 0.500. The van der Waals surface area contributed by atoms with Crippen LogP contribution in [0.25, 0.3) is 11.1 Å². The van der Waals surface area contributed by atoms with Crippen LogP contribution in [0.1, 0.15) is 89.2 Å². The number of unbranched alkanes of at least 4 members (excludes halogenated alkanes) is 2. The largest absolute Gasteiger partial charge is 0.449 e. The third-order valence-electron chi connectivity index (χ3n) is 7.64. The van der Waals surface area contributed by atoms with Crippen LogP contribution in [0.4, 0.5) is 9.59 Å². The number of hydrazine groups is 1. The van der Waals surface area contributed by atoms with Crippen LogP contribution in [0.5, 0.6) is 0 Å². The zero-order valence-corrected chi connectivity index (χ0v) is 24.7. The van der Waals surface area contributed by atoms with E-state index in [-0.39, 0.29) is 24.9 Å². The Bertz CT molecular complexity index is 1240. The van der Waals surface area contributed by atoms with Gasteiger partial charge >= 0.3 is 12.2 Å². The van der Waals surface area contributed by atoms with E-state index in [1.807, 2.05) is 24.3 Å². The van der Waals surface area contributed by atoms with Crippen LogP contribution in [0.15, 0.2) is 48.5 Å². The molecule has 10 nitrogen and oxygen atoms in total. The fourth-order valence-corrected chi connectivity index (χ4v) is 5.62. The van der Waals surface area contributed by atoms with Crippen LogP contribution < -0.4 is 21.5 Å². The highest BCUT2D eigenvalue weighted by Gasteiger charge is 2.43. The lowest BCUT2D eigenvalue weighted by Crippen LogP contribution is -2.60. The third kappa shape index (κ3) is 8.02. The van der Waals surface area contributed by atoms with Crippen LogP contribution in [0, 0.1) is 0 Å². The lowest BCUT2D eigenvalue weighted by Gasteiger charge is -2.30. The molecule has 2 aliphatic carbocycles. The summed E-state index contributed by atoms with van der Waals surface area (Å²) in [5.74, 6) is -0.761. The first-order valence-corrected chi connectivity index (χ1v) is 14.8. The number of fused-ring (bicyclic) bond motifs is 3. The Kier molecular flexibility index (Phi) is 10.1. The van der Waals surface area contributed by atoms with Gasteiger partial charge in [-0.25, -0.2) is 9.59 Å². The van der Waals surface area contributed by atoms with Crippen molar-refractivity contribution in [2.45, 2.75) is 89.2 Å². The third-order valence-corrected chi connectivity index (χ3v) is 7.64. The van der Waals surface area contributed by atoms with Gasteiger partial charge in [0.15, 0.2) is 0 Å². The minimum absolute atomic E-state index is 0.0128. The number of amides is 4. The first kappa shape index (κ1) is 30.9. The molecule has 0 heterocycles. The molecule has 0 aliphatic heterocycles. The minimum atomic E-state index is -1.10. The van der Waals surface area contributed by atoms with E-state index < -0.39 is 29.2 Å². The highest BCUT2D eigenvalue weighted by Crippen LogP contribution is 2.44. The molecule has 0 aromatic heterocycles. The van der Waals surface area contributed by atoms with E-state index in [9.17, 15) is 19.2 Å². The first-order valence-electron chi connectivity index (χ1n) is 14.8. The number of alkyl carbamates (subject to hydrolysis) is 2. The lowest BCUT2D eigenvalue weighted by molar-refractivity contribution is -0.133. The van der Waals surface area contributed by atoms with E-state index in [2.05, 4.69) is 45.8 Å². The molecule has 4 amide bonds. The van der Waals surface area contributed by atoms with Gasteiger partial charge < -0.3 is 20.1 Å². The van der Waals surface area contributed by atoms with Gasteiger partial charge in [-0.05, 0) is 68.7 Å². The summed E-state index contributed by atoms with van der Waals surface area (Å²) in [5, 5.41) is 5.50. The predicted molar refractivity (Wildman–Crippen MR) is 158 cm³/mol. The Hall–Kier alpha value is -4.08. The molecule has 42 heavy (non-hydrogen) atoms. The number of carbonyl (C=O) groups is 4. The van der Waals surface area contributed by atoms with Crippen molar-refractivity contribution < 1.29 is 28.7 Å². The van der Waals surface area contributed by atoms with Crippen molar-refractivity contribution in [3.8, 4) is 11.1 Å². The van der Waals surface area contributed by atoms with Crippen LogP contribution in [-0.2, 0) is 19.1 Å². The van der Waals surface area contributed by atoms with Gasteiger partial charge in [0, 0.05) is 18.9 Å². The van der Waals surface area contributed by atoms with E-state index in [0.29, 0.717) is 32.2 Å². The molecule has 0 spiro atoms. The molecule has 10 heteroatoms. The number of benzene rings is 2. The smallest absolute Gasteiger partial charge is 0.408 e. The highest BCUT2D eigenvalue weighted by atomic mass is 16.6. The van der Waals surface area contributed by atoms with Crippen LogP contribution in [-0.4, -0.2) is 48.3 Å². The molecule has 4 N–H and O–H groups in total. The number of rotatable bonds is 10. The van der Waals surface area contributed by atoms with E-state index in [4.69, 9.17) is 9.47 Å². The summed E-state index contributed by atoms with van der Waals surface area (Å²) >= 11 is 0. The molecule has 226 valence electrons. The lowest BCUT2D eigenvalue weighted by atomic mass is 9.97. The van der Waals surface area contributed by atoms with Crippen molar-refractivity contribution in [3.63, 3.8) is 0 Å². The van der Waals surface area contributed by atoms with Crippen LogP contribution in [0.3, 0.4) is 0 Å². The summed E-state index contributed by atoms with van der Waals surface area (Å²) in [6.45, 7) is 5.97. The number of hydrogen-bond donors (Lipinski definition) is 4. The van der Waals surface area contributed by atoms with E-state index in [1.54, 1.807) is 20.8 Å². The van der Waals surface area contributed by atoms with E-state index >= 15 is 0 Å².